The molecule has 0 aliphatic heterocycles. The van der Waals surface area contributed by atoms with Crippen molar-refractivity contribution in [3.05, 3.63) is 39.7 Å². The number of nitrogens with zero attached hydrogens (tertiary/aromatic N) is 1. The molecule has 0 radical (unpaired) electrons. The lowest BCUT2D eigenvalue weighted by atomic mass is 9.80. The van der Waals surface area contributed by atoms with Gasteiger partial charge in [0.05, 0.1) is 4.92 Å². The van der Waals surface area contributed by atoms with E-state index in [2.05, 4.69) is 0 Å². The first-order valence-electron chi connectivity index (χ1n) is 7.22. The average Bonchev–Trinajstić information content (AvgIpc) is 2.34. The fourth-order valence-corrected chi connectivity index (χ4v) is 3.04. The summed E-state index contributed by atoms with van der Waals surface area (Å²) in [4.78, 5) is 10.6. The minimum Gasteiger partial charge on any atom is -0.325 e. The molecule has 1 aliphatic rings. The zero-order valence-electron chi connectivity index (χ0n) is 11.6. The molecule has 0 saturated heterocycles. The molecule has 0 unspecified atom stereocenters. The molecule has 2 N–H and O–H groups in total. The average molecular weight is 280 g/mol. The van der Waals surface area contributed by atoms with E-state index in [4.69, 9.17) is 5.73 Å². The van der Waals surface area contributed by atoms with Gasteiger partial charge in [-0.15, -0.1) is 0 Å². The maximum Gasteiger partial charge on any atom is 0.272 e. The lowest BCUT2D eigenvalue weighted by Crippen LogP contribution is -2.42. The van der Waals surface area contributed by atoms with Gasteiger partial charge in [-0.05, 0) is 31.4 Å². The van der Waals surface area contributed by atoms with Crippen LogP contribution in [0.15, 0.2) is 18.2 Å². The van der Waals surface area contributed by atoms with E-state index < -0.39 is 16.3 Å². The van der Waals surface area contributed by atoms with Gasteiger partial charge in [0.1, 0.15) is 5.82 Å². The van der Waals surface area contributed by atoms with Crippen LogP contribution in [0, 0.1) is 15.9 Å². The molecule has 5 heteroatoms. The summed E-state index contributed by atoms with van der Waals surface area (Å²) >= 11 is 0. The van der Waals surface area contributed by atoms with Gasteiger partial charge < -0.3 is 5.73 Å². The summed E-state index contributed by atoms with van der Waals surface area (Å²) in [5, 5.41) is 11.0. The van der Waals surface area contributed by atoms with Crippen LogP contribution in [0.3, 0.4) is 0 Å². The predicted molar refractivity (Wildman–Crippen MR) is 76.0 cm³/mol. The van der Waals surface area contributed by atoms with Crippen molar-refractivity contribution >= 4 is 5.69 Å². The largest absolute Gasteiger partial charge is 0.325 e. The Balaban J connectivity index is 2.22. The van der Waals surface area contributed by atoms with Crippen molar-refractivity contribution in [1.29, 1.82) is 0 Å². The SMILES string of the molecule is NC1(Cc2cc(F)ccc2[N+](=O)[O-])CCCCCCC1. The fourth-order valence-electron chi connectivity index (χ4n) is 3.04. The first-order valence-corrected chi connectivity index (χ1v) is 7.22. The van der Waals surface area contributed by atoms with Crippen molar-refractivity contribution in [3.63, 3.8) is 0 Å². The molecule has 1 aliphatic carbocycles. The Morgan fingerprint density at radius 3 is 2.40 bits per heavy atom. The molecule has 1 aromatic carbocycles. The van der Waals surface area contributed by atoms with Crippen LogP contribution < -0.4 is 5.73 Å². The van der Waals surface area contributed by atoms with Crippen molar-refractivity contribution in [2.24, 2.45) is 5.73 Å². The molecule has 0 bridgehead atoms. The molecule has 0 amide bonds. The van der Waals surface area contributed by atoms with Crippen molar-refractivity contribution < 1.29 is 9.31 Å². The van der Waals surface area contributed by atoms with Crippen LogP contribution in [0.5, 0.6) is 0 Å². The van der Waals surface area contributed by atoms with E-state index in [1.54, 1.807) is 0 Å². The van der Waals surface area contributed by atoms with Gasteiger partial charge in [-0.2, -0.15) is 0 Å². The molecular weight excluding hydrogens is 259 g/mol. The Morgan fingerprint density at radius 1 is 1.20 bits per heavy atom. The molecule has 4 nitrogen and oxygen atoms in total. The standard InChI is InChI=1S/C15H21FN2O2/c16-13-6-7-14(18(19)20)12(10-13)11-15(17)8-4-2-1-3-5-9-15/h6-7,10H,1-5,8-9,11,17H2. The Hall–Kier alpha value is -1.49. The van der Waals surface area contributed by atoms with Gasteiger partial charge in [0.15, 0.2) is 0 Å². The van der Waals surface area contributed by atoms with E-state index in [1.165, 1.54) is 18.6 Å². The van der Waals surface area contributed by atoms with Crippen molar-refractivity contribution in [1.82, 2.24) is 0 Å². The summed E-state index contributed by atoms with van der Waals surface area (Å²) in [7, 11) is 0. The summed E-state index contributed by atoms with van der Waals surface area (Å²) in [6.45, 7) is 0. The summed E-state index contributed by atoms with van der Waals surface area (Å²) in [5.74, 6) is -0.444. The quantitative estimate of drug-likeness (QED) is 0.677. The van der Waals surface area contributed by atoms with Gasteiger partial charge in [-0.3, -0.25) is 10.1 Å². The lowest BCUT2D eigenvalue weighted by molar-refractivity contribution is -0.385. The molecule has 20 heavy (non-hydrogen) atoms. The summed E-state index contributed by atoms with van der Waals surface area (Å²) in [5.41, 5.74) is 6.37. The molecule has 1 fully saturated rings. The molecule has 110 valence electrons. The van der Waals surface area contributed by atoms with Gasteiger partial charge in [0.2, 0.25) is 0 Å². The fraction of sp³-hybridized carbons (Fsp3) is 0.600. The number of nitro benzene ring substituents is 1. The van der Waals surface area contributed by atoms with Crippen LogP contribution in [0.4, 0.5) is 10.1 Å². The molecule has 0 aromatic heterocycles. The second-order valence-electron chi connectivity index (χ2n) is 5.84. The minimum absolute atomic E-state index is 0.0294. The van der Waals surface area contributed by atoms with Gasteiger partial charge in [-0.25, -0.2) is 4.39 Å². The predicted octanol–water partition coefficient (Wildman–Crippen LogP) is 3.72. The van der Waals surface area contributed by atoms with Gasteiger partial charge in [0, 0.05) is 17.2 Å². The highest BCUT2D eigenvalue weighted by molar-refractivity contribution is 5.41. The maximum absolute atomic E-state index is 13.4. The second kappa shape index (κ2) is 6.31. The highest BCUT2D eigenvalue weighted by Crippen LogP contribution is 2.31. The van der Waals surface area contributed by atoms with Crippen LogP contribution >= 0.6 is 0 Å². The van der Waals surface area contributed by atoms with Crippen LogP contribution in [0.25, 0.3) is 0 Å². The summed E-state index contributed by atoms with van der Waals surface area (Å²) in [6.07, 6.45) is 7.70. The molecule has 1 saturated carbocycles. The summed E-state index contributed by atoms with van der Waals surface area (Å²) in [6, 6.07) is 3.62. The molecular formula is C15H21FN2O2. The zero-order valence-corrected chi connectivity index (χ0v) is 11.6. The number of rotatable bonds is 3. The van der Waals surface area contributed by atoms with Crippen molar-refractivity contribution in [2.45, 2.75) is 56.9 Å². The first kappa shape index (κ1) is 14.9. The first-order chi connectivity index (χ1) is 9.50. The van der Waals surface area contributed by atoms with E-state index in [0.717, 1.165) is 44.6 Å². The van der Waals surface area contributed by atoms with Crippen LogP contribution in [0.2, 0.25) is 0 Å². The molecule has 0 spiro atoms. The minimum atomic E-state index is -0.457. The van der Waals surface area contributed by atoms with E-state index >= 15 is 0 Å². The van der Waals surface area contributed by atoms with E-state index in [9.17, 15) is 14.5 Å². The maximum atomic E-state index is 13.4. The Kier molecular flexibility index (Phi) is 4.70. The number of hydrogen-bond donors (Lipinski definition) is 1. The molecule has 1 aromatic rings. The molecule has 2 rings (SSSR count). The monoisotopic (exact) mass is 280 g/mol. The summed E-state index contributed by atoms with van der Waals surface area (Å²) < 4.78 is 13.4. The van der Waals surface area contributed by atoms with Gasteiger partial charge >= 0.3 is 0 Å². The lowest BCUT2D eigenvalue weighted by Gasteiger charge is -2.31. The van der Waals surface area contributed by atoms with Crippen LogP contribution in [0.1, 0.15) is 50.5 Å². The normalized spacial score (nSPS) is 19.1. The van der Waals surface area contributed by atoms with Crippen molar-refractivity contribution in [2.75, 3.05) is 0 Å². The third-order valence-corrected chi connectivity index (χ3v) is 4.13. The molecule has 0 heterocycles. The Labute approximate surface area is 118 Å². The smallest absolute Gasteiger partial charge is 0.272 e. The van der Waals surface area contributed by atoms with E-state index in [1.807, 2.05) is 0 Å². The van der Waals surface area contributed by atoms with Crippen molar-refractivity contribution in [3.8, 4) is 0 Å². The van der Waals surface area contributed by atoms with Gasteiger partial charge in [-0.1, -0.05) is 32.1 Å². The zero-order chi connectivity index (χ0) is 14.6. The third kappa shape index (κ3) is 3.76. The Bertz CT molecular complexity index is 483. The third-order valence-electron chi connectivity index (χ3n) is 4.13. The number of halogens is 1. The number of benzene rings is 1. The topological polar surface area (TPSA) is 69.2 Å². The number of nitrogens with two attached hydrogens (primary N) is 1. The van der Waals surface area contributed by atoms with E-state index in [0.29, 0.717) is 12.0 Å². The Morgan fingerprint density at radius 2 is 1.80 bits per heavy atom. The molecule has 0 atom stereocenters. The highest BCUT2D eigenvalue weighted by atomic mass is 19.1. The van der Waals surface area contributed by atoms with Crippen LogP contribution in [-0.4, -0.2) is 10.5 Å². The van der Waals surface area contributed by atoms with Gasteiger partial charge in [0.25, 0.3) is 5.69 Å². The highest BCUT2D eigenvalue weighted by Gasteiger charge is 2.29. The van der Waals surface area contributed by atoms with E-state index in [-0.39, 0.29) is 5.69 Å². The second-order valence-corrected chi connectivity index (χ2v) is 5.84. The van der Waals surface area contributed by atoms with Crippen LogP contribution in [-0.2, 0) is 6.42 Å². The number of nitro groups is 1. The number of hydrogen-bond acceptors (Lipinski definition) is 3.